The molecular weight excluding hydrogens is 1060 g/mol. The number of benzene rings is 4. The van der Waals surface area contributed by atoms with Crippen molar-refractivity contribution in [3.05, 3.63) is 96.1 Å². The quantitative estimate of drug-likeness (QED) is 0.0123. The van der Waals surface area contributed by atoms with Crippen molar-refractivity contribution >= 4 is 113 Å². The summed E-state index contributed by atoms with van der Waals surface area (Å²) >= 11 is 0.710. The van der Waals surface area contributed by atoms with Gasteiger partial charge in [-0.1, -0.05) is 24.3 Å². The van der Waals surface area contributed by atoms with Gasteiger partial charge in [0.05, 0.1) is 26.7 Å². The molecule has 0 bridgehead atoms. The Hall–Kier alpha value is -2.60. The first-order chi connectivity index (χ1) is 32.3. The third-order valence-electron chi connectivity index (χ3n) is 9.53. The Morgan fingerprint density at radius 1 is 0.500 bits per heavy atom. The van der Waals surface area contributed by atoms with Gasteiger partial charge in [0.25, 0.3) is 0 Å². The standard InChI is InChI=1S/C40H44N12O12S4.4Na/c1-5-51(6-2)39-47-35(41-27-15-19-31(20-16-27)65-64-63-53)45-37(49-39)43-29-13-11-25(33(23-29)67(57,58)59)9-10-26-12-14-30(24-34(26)68(60,61)62)44-38-46-36(48-40(50-38)52(7-3)8-4)42-28-17-21-32(22-18-28)66(54,55)56;;;;/h9-24,53H,5-8H2,1-4H3,(H,54,55,56)(H,57,58,59)(H,60,61,62)(H2,41,43,45,47,49)(H2,42,44,46,48,50);;;;/q;4*+1/p-4/b10-9+;;;;. The maximum absolute atomic E-state index is 12.6. The van der Waals surface area contributed by atoms with Gasteiger partial charge >= 0.3 is 118 Å². The third-order valence-corrected chi connectivity index (χ3v) is 12.8. The molecule has 4 aromatic carbocycles. The largest absolute Gasteiger partial charge is 1.00 e. The Labute approximate surface area is 508 Å². The smallest absolute Gasteiger partial charge is 0.744 e. The summed E-state index contributed by atoms with van der Waals surface area (Å²) in [6.45, 7) is 9.53. The zero-order valence-electron chi connectivity index (χ0n) is 40.2. The summed E-state index contributed by atoms with van der Waals surface area (Å²) in [7, 11) is -15.0. The number of nitrogens with one attached hydrogen (secondary N) is 4. The minimum absolute atomic E-state index is 0. The Balaban J connectivity index is 0.00000444. The van der Waals surface area contributed by atoms with Crippen LogP contribution in [0.1, 0.15) is 38.8 Å². The number of hydrogen-bond acceptors (Lipinski definition) is 25. The Morgan fingerprint density at radius 2 is 0.833 bits per heavy atom. The number of hydrogen-bond donors (Lipinski definition) is 4. The molecule has 0 spiro atoms. The summed E-state index contributed by atoms with van der Waals surface area (Å²) in [4.78, 5) is 28.9. The molecule has 32 heteroatoms. The average molecular weight is 1100 g/mol. The van der Waals surface area contributed by atoms with Crippen LogP contribution in [0, 0.1) is 0 Å². The van der Waals surface area contributed by atoms with Crippen molar-refractivity contribution in [2.75, 3.05) is 57.2 Å². The topological polar surface area (TPSA) is 345 Å². The van der Waals surface area contributed by atoms with E-state index in [1.54, 1.807) is 29.2 Å². The van der Waals surface area contributed by atoms with E-state index >= 15 is 0 Å². The van der Waals surface area contributed by atoms with E-state index in [9.17, 15) is 44.2 Å². The van der Waals surface area contributed by atoms with Crippen LogP contribution in [0.3, 0.4) is 0 Å². The summed E-state index contributed by atoms with van der Waals surface area (Å²) < 4.78 is 114. The molecule has 72 heavy (non-hydrogen) atoms. The molecule has 4 N–H and O–H groups in total. The molecule has 24 nitrogen and oxygen atoms in total. The van der Waals surface area contributed by atoms with Crippen LogP contribution in [-0.4, -0.2) is 95.0 Å². The molecule has 2 aromatic heterocycles. The fraction of sp³-hybridized carbons (Fsp3) is 0.200. The molecule has 0 fully saturated rings. The zero-order chi connectivity index (χ0) is 49.2. The first kappa shape index (κ1) is 65.5. The molecule has 0 aliphatic rings. The summed E-state index contributed by atoms with van der Waals surface area (Å²) in [5.41, 5.74) is 0.725. The van der Waals surface area contributed by atoms with E-state index in [1.165, 1.54) is 36.4 Å². The van der Waals surface area contributed by atoms with Crippen LogP contribution >= 0.6 is 12.0 Å². The minimum Gasteiger partial charge on any atom is -0.744 e. The van der Waals surface area contributed by atoms with Crippen molar-refractivity contribution in [1.82, 2.24) is 29.9 Å². The second kappa shape index (κ2) is 29.6. The molecule has 0 saturated heterocycles. The normalized spacial score (nSPS) is 11.3. The van der Waals surface area contributed by atoms with Gasteiger partial charge in [-0.2, -0.15) is 34.2 Å². The Bertz CT molecular complexity index is 3130. The van der Waals surface area contributed by atoms with Gasteiger partial charge in [-0.15, -0.1) is 0 Å². The van der Waals surface area contributed by atoms with Crippen LogP contribution in [0.15, 0.2) is 105 Å². The molecule has 0 unspecified atom stereocenters. The van der Waals surface area contributed by atoms with E-state index in [2.05, 4.69) is 60.5 Å². The van der Waals surface area contributed by atoms with Crippen LogP contribution in [0.4, 0.5) is 58.4 Å². The van der Waals surface area contributed by atoms with E-state index in [0.29, 0.717) is 54.5 Å². The number of anilines is 10. The van der Waals surface area contributed by atoms with Gasteiger partial charge in [0, 0.05) is 53.8 Å². The molecule has 0 aliphatic heterocycles. The molecule has 0 atom stereocenters. The van der Waals surface area contributed by atoms with Crippen LogP contribution in [-0.2, 0) is 39.7 Å². The van der Waals surface area contributed by atoms with Gasteiger partial charge < -0.3 is 50.0 Å². The first-order valence-electron chi connectivity index (χ1n) is 20.1. The van der Waals surface area contributed by atoms with Crippen LogP contribution in [0.5, 0.6) is 0 Å². The monoisotopic (exact) mass is 1100 g/mol. The van der Waals surface area contributed by atoms with Gasteiger partial charge in [-0.05, 0) is 112 Å². The van der Waals surface area contributed by atoms with Crippen molar-refractivity contribution in [2.24, 2.45) is 0 Å². The summed E-state index contributed by atoms with van der Waals surface area (Å²) in [5.74, 6) is 0.462. The van der Waals surface area contributed by atoms with Crippen LogP contribution in [0.2, 0.25) is 0 Å². The number of aromatic nitrogens is 6. The average Bonchev–Trinajstić information content (AvgIpc) is 3.28. The molecule has 0 amide bonds. The SMILES string of the molecule is CCN(CC)c1nc(Nc2ccc(SOO[O-])cc2)nc(Nc2ccc(/C=C/c3ccc(Nc4nc(Nc5ccc(S(=O)(=O)[O-])cc5)nc(N(CC)CC)n4)cc3S(=O)(=O)[O-])c(S(=O)(=O)[O-])c2)n1.[Na+].[Na+].[Na+].[Na+]. The van der Waals surface area contributed by atoms with E-state index in [4.69, 9.17) is 0 Å². The van der Waals surface area contributed by atoms with Crippen molar-refractivity contribution in [3.63, 3.8) is 0 Å². The fourth-order valence-corrected chi connectivity index (χ4v) is 8.44. The van der Waals surface area contributed by atoms with E-state index < -0.39 is 45.0 Å². The second-order valence-electron chi connectivity index (χ2n) is 13.9. The van der Waals surface area contributed by atoms with Gasteiger partial charge in [0.1, 0.15) is 30.4 Å². The molecule has 360 valence electrons. The maximum Gasteiger partial charge on any atom is 1.00 e. The van der Waals surface area contributed by atoms with Crippen molar-refractivity contribution in [2.45, 2.75) is 47.3 Å². The van der Waals surface area contributed by atoms with Crippen LogP contribution < -0.4 is 155 Å². The summed E-state index contributed by atoms with van der Waals surface area (Å²) in [6, 6.07) is 19.0. The van der Waals surface area contributed by atoms with Gasteiger partial charge in [0.15, 0.2) is 0 Å². The van der Waals surface area contributed by atoms with Gasteiger partial charge in [-0.3, -0.25) is 5.04 Å². The van der Waals surface area contributed by atoms with Gasteiger partial charge in [-0.25, -0.2) is 25.3 Å². The van der Waals surface area contributed by atoms with Crippen molar-refractivity contribution in [1.29, 1.82) is 0 Å². The van der Waals surface area contributed by atoms with Crippen molar-refractivity contribution in [3.8, 4) is 0 Å². The fourth-order valence-electron chi connectivity index (χ4n) is 6.23. The van der Waals surface area contributed by atoms with E-state index in [1.807, 2.05) is 32.6 Å². The number of rotatable bonds is 22. The molecular formula is C40H40N12Na4O12S4. The molecule has 6 aromatic rings. The second-order valence-corrected chi connectivity index (χ2v) is 18.7. The summed E-state index contributed by atoms with van der Waals surface area (Å²) in [5, 5.41) is 25.3. The first-order valence-corrected chi connectivity index (χ1v) is 25.0. The maximum atomic E-state index is 12.6. The zero-order valence-corrected chi connectivity index (χ0v) is 51.4. The van der Waals surface area contributed by atoms with E-state index in [-0.39, 0.29) is 176 Å². The Morgan fingerprint density at radius 3 is 1.15 bits per heavy atom. The molecule has 0 radical (unpaired) electrons. The number of nitrogens with zero attached hydrogens (tertiary/aromatic N) is 8. The van der Waals surface area contributed by atoms with Gasteiger partial charge in [0.2, 0.25) is 35.7 Å². The minimum atomic E-state index is -5.19. The predicted molar refractivity (Wildman–Crippen MR) is 247 cm³/mol. The summed E-state index contributed by atoms with van der Waals surface area (Å²) in [6.07, 6.45) is 2.33. The molecule has 0 saturated carbocycles. The molecule has 2 heterocycles. The molecule has 0 aliphatic carbocycles. The van der Waals surface area contributed by atoms with E-state index in [0.717, 1.165) is 36.4 Å². The third kappa shape index (κ3) is 18.6. The Kier molecular flexibility index (Phi) is 27.0. The predicted octanol–water partition coefficient (Wildman–Crippen LogP) is -7.15. The molecule has 6 rings (SSSR count). The van der Waals surface area contributed by atoms with Crippen molar-refractivity contribution < 1.29 is 172 Å². The van der Waals surface area contributed by atoms with Crippen LogP contribution in [0.25, 0.3) is 12.2 Å².